The molecular formula is C18H19ClN2O3S. The molecule has 1 heterocycles. The lowest BCUT2D eigenvalue weighted by Gasteiger charge is -2.16. The van der Waals surface area contributed by atoms with E-state index in [1.165, 1.54) is 16.4 Å². The zero-order valence-corrected chi connectivity index (χ0v) is 15.4. The molecular weight excluding hydrogens is 360 g/mol. The molecule has 1 fully saturated rings. The maximum absolute atomic E-state index is 12.6. The van der Waals surface area contributed by atoms with Crippen molar-refractivity contribution >= 4 is 33.2 Å². The summed E-state index contributed by atoms with van der Waals surface area (Å²) in [5.74, 6) is -0.358. The molecule has 132 valence electrons. The molecule has 2 aromatic rings. The summed E-state index contributed by atoms with van der Waals surface area (Å²) in [5.41, 5.74) is 1.78. The average Bonchev–Trinajstić information content (AvgIpc) is 3.13. The smallest absolute Gasteiger partial charge is 0.255 e. The highest BCUT2D eigenvalue weighted by atomic mass is 35.5. The molecule has 0 spiro atoms. The lowest BCUT2D eigenvalue weighted by atomic mass is 10.1. The minimum atomic E-state index is -3.55. The largest absolute Gasteiger partial charge is 0.322 e. The van der Waals surface area contributed by atoms with Crippen LogP contribution in [-0.4, -0.2) is 31.7 Å². The monoisotopic (exact) mass is 378 g/mol. The molecule has 1 aliphatic heterocycles. The quantitative estimate of drug-likeness (QED) is 0.882. The van der Waals surface area contributed by atoms with Crippen LogP contribution in [0.5, 0.6) is 0 Å². The Morgan fingerprint density at radius 3 is 2.52 bits per heavy atom. The van der Waals surface area contributed by atoms with E-state index in [-0.39, 0.29) is 10.8 Å². The Morgan fingerprint density at radius 1 is 1.12 bits per heavy atom. The van der Waals surface area contributed by atoms with E-state index in [1.807, 2.05) is 6.92 Å². The summed E-state index contributed by atoms with van der Waals surface area (Å²) in [5, 5.41) is 3.39. The second kappa shape index (κ2) is 7.15. The molecule has 1 amide bonds. The molecule has 2 aromatic carbocycles. The number of aryl methyl sites for hydroxylation is 1. The Hall–Kier alpha value is -1.89. The van der Waals surface area contributed by atoms with E-state index in [0.717, 1.165) is 18.4 Å². The topological polar surface area (TPSA) is 66.5 Å². The second-order valence-corrected chi connectivity index (χ2v) is 8.43. The number of carbonyl (C=O) groups excluding carboxylic acids is 1. The standard InChI is InChI=1S/C18H19ClN2O3S/c1-13-11-15(19)7-8-17(13)20-18(22)14-5-4-6-16(12-14)25(23,24)21-9-2-3-10-21/h4-8,11-12H,2-3,9-10H2,1H3,(H,20,22). The molecule has 1 N–H and O–H groups in total. The first kappa shape index (κ1) is 17.9. The van der Waals surface area contributed by atoms with Gasteiger partial charge in [0.1, 0.15) is 0 Å². The maximum Gasteiger partial charge on any atom is 0.255 e. The van der Waals surface area contributed by atoms with Gasteiger partial charge in [0, 0.05) is 29.4 Å². The first-order valence-corrected chi connectivity index (χ1v) is 9.87. The van der Waals surface area contributed by atoms with Gasteiger partial charge in [-0.15, -0.1) is 0 Å². The van der Waals surface area contributed by atoms with Crippen molar-refractivity contribution in [2.24, 2.45) is 0 Å². The Kier molecular flexibility index (Phi) is 5.13. The molecule has 0 aromatic heterocycles. The van der Waals surface area contributed by atoms with Crippen LogP contribution in [0.2, 0.25) is 5.02 Å². The molecule has 0 radical (unpaired) electrons. The van der Waals surface area contributed by atoms with Gasteiger partial charge < -0.3 is 5.32 Å². The Balaban J connectivity index is 1.84. The Bertz CT molecular complexity index is 906. The van der Waals surface area contributed by atoms with Crippen LogP contribution >= 0.6 is 11.6 Å². The highest BCUT2D eigenvalue weighted by molar-refractivity contribution is 7.89. The first-order chi connectivity index (χ1) is 11.9. The van der Waals surface area contributed by atoms with Gasteiger partial charge in [-0.25, -0.2) is 8.42 Å². The van der Waals surface area contributed by atoms with Crippen LogP contribution in [0, 0.1) is 6.92 Å². The summed E-state index contributed by atoms with van der Waals surface area (Å²) in [6, 6.07) is 11.3. The predicted molar refractivity (Wildman–Crippen MR) is 98.6 cm³/mol. The van der Waals surface area contributed by atoms with Gasteiger partial charge in [-0.3, -0.25) is 4.79 Å². The predicted octanol–water partition coefficient (Wildman–Crippen LogP) is 3.69. The molecule has 7 heteroatoms. The van der Waals surface area contributed by atoms with Gasteiger partial charge in [0.15, 0.2) is 0 Å². The number of hydrogen-bond donors (Lipinski definition) is 1. The van der Waals surface area contributed by atoms with Gasteiger partial charge in [-0.2, -0.15) is 4.31 Å². The van der Waals surface area contributed by atoms with Gasteiger partial charge in [0.25, 0.3) is 5.91 Å². The molecule has 25 heavy (non-hydrogen) atoms. The van der Waals surface area contributed by atoms with E-state index >= 15 is 0 Å². The van der Waals surface area contributed by atoms with E-state index in [1.54, 1.807) is 30.3 Å². The van der Waals surface area contributed by atoms with E-state index < -0.39 is 10.0 Å². The molecule has 3 rings (SSSR count). The minimum absolute atomic E-state index is 0.148. The molecule has 1 saturated heterocycles. The highest BCUT2D eigenvalue weighted by Crippen LogP contribution is 2.23. The summed E-state index contributed by atoms with van der Waals surface area (Å²) < 4.78 is 26.7. The zero-order valence-electron chi connectivity index (χ0n) is 13.8. The third-order valence-corrected chi connectivity index (χ3v) is 6.37. The van der Waals surface area contributed by atoms with Crippen molar-refractivity contribution in [3.63, 3.8) is 0 Å². The number of nitrogens with zero attached hydrogens (tertiary/aromatic N) is 1. The van der Waals surface area contributed by atoms with Crippen molar-refractivity contribution in [1.82, 2.24) is 4.31 Å². The van der Waals surface area contributed by atoms with Crippen LogP contribution < -0.4 is 5.32 Å². The lowest BCUT2D eigenvalue weighted by molar-refractivity contribution is 0.102. The van der Waals surface area contributed by atoms with Crippen molar-refractivity contribution < 1.29 is 13.2 Å². The van der Waals surface area contributed by atoms with Crippen LogP contribution in [0.25, 0.3) is 0 Å². The summed E-state index contributed by atoms with van der Waals surface area (Å²) in [7, 11) is -3.55. The van der Waals surface area contributed by atoms with Gasteiger partial charge in [-0.05, 0) is 61.7 Å². The summed E-state index contributed by atoms with van der Waals surface area (Å²) in [6.45, 7) is 2.90. The van der Waals surface area contributed by atoms with E-state index in [4.69, 9.17) is 11.6 Å². The number of hydrogen-bond acceptors (Lipinski definition) is 3. The van der Waals surface area contributed by atoms with Crippen molar-refractivity contribution in [2.45, 2.75) is 24.7 Å². The average molecular weight is 379 g/mol. The fraction of sp³-hybridized carbons (Fsp3) is 0.278. The van der Waals surface area contributed by atoms with Gasteiger partial charge in [0.2, 0.25) is 10.0 Å². The molecule has 0 bridgehead atoms. The van der Waals surface area contributed by atoms with Crippen LogP contribution in [0.15, 0.2) is 47.4 Å². The van der Waals surface area contributed by atoms with Crippen LogP contribution in [0.4, 0.5) is 5.69 Å². The summed E-state index contributed by atoms with van der Waals surface area (Å²) >= 11 is 5.92. The van der Waals surface area contributed by atoms with Crippen molar-refractivity contribution in [2.75, 3.05) is 18.4 Å². The first-order valence-electron chi connectivity index (χ1n) is 8.05. The van der Waals surface area contributed by atoms with Crippen molar-refractivity contribution in [3.05, 3.63) is 58.6 Å². The van der Waals surface area contributed by atoms with Crippen molar-refractivity contribution in [3.8, 4) is 0 Å². The fourth-order valence-electron chi connectivity index (χ4n) is 2.84. The SMILES string of the molecule is Cc1cc(Cl)ccc1NC(=O)c1cccc(S(=O)(=O)N2CCCC2)c1. The zero-order chi connectivity index (χ0) is 18.0. The molecule has 1 aliphatic rings. The Morgan fingerprint density at radius 2 is 1.84 bits per heavy atom. The summed E-state index contributed by atoms with van der Waals surface area (Å²) in [6.07, 6.45) is 1.74. The normalized spacial score (nSPS) is 15.3. The third-order valence-electron chi connectivity index (χ3n) is 4.24. The van der Waals surface area contributed by atoms with E-state index in [2.05, 4.69) is 5.32 Å². The molecule has 0 saturated carbocycles. The van der Waals surface area contributed by atoms with Gasteiger partial charge in [-0.1, -0.05) is 17.7 Å². The number of anilines is 1. The van der Waals surface area contributed by atoms with E-state index in [0.29, 0.717) is 29.4 Å². The van der Waals surface area contributed by atoms with Crippen LogP contribution in [0.1, 0.15) is 28.8 Å². The third kappa shape index (κ3) is 3.86. The maximum atomic E-state index is 12.6. The minimum Gasteiger partial charge on any atom is -0.322 e. The molecule has 0 unspecified atom stereocenters. The number of sulfonamides is 1. The number of halogens is 1. The van der Waals surface area contributed by atoms with Gasteiger partial charge >= 0.3 is 0 Å². The Labute approximate surface area is 152 Å². The number of carbonyl (C=O) groups is 1. The van der Waals surface area contributed by atoms with Crippen LogP contribution in [-0.2, 0) is 10.0 Å². The molecule has 0 atom stereocenters. The second-order valence-electron chi connectivity index (χ2n) is 6.05. The number of amides is 1. The number of benzene rings is 2. The molecule has 5 nitrogen and oxygen atoms in total. The van der Waals surface area contributed by atoms with E-state index in [9.17, 15) is 13.2 Å². The number of nitrogens with one attached hydrogen (secondary N) is 1. The highest BCUT2D eigenvalue weighted by Gasteiger charge is 2.27. The molecule has 0 aliphatic carbocycles. The lowest BCUT2D eigenvalue weighted by Crippen LogP contribution is -2.28. The fourth-order valence-corrected chi connectivity index (χ4v) is 4.63. The number of rotatable bonds is 4. The summed E-state index contributed by atoms with van der Waals surface area (Å²) in [4.78, 5) is 12.6. The van der Waals surface area contributed by atoms with Gasteiger partial charge in [0.05, 0.1) is 4.90 Å². The van der Waals surface area contributed by atoms with Crippen LogP contribution in [0.3, 0.4) is 0 Å². The van der Waals surface area contributed by atoms with Crippen molar-refractivity contribution in [1.29, 1.82) is 0 Å².